The molecule has 1 aromatic heterocycles. The van der Waals surface area contributed by atoms with Crippen LogP contribution >= 0.6 is 11.6 Å². The zero-order chi connectivity index (χ0) is 15.7. The molecule has 1 fully saturated rings. The summed E-state index contributed by atoms with van der Waals surface area (Å²) >= 11 is 6.05. The van der Waals surface area contributed by atoms with Gasteiger partial charge >= 0.3 is 0 Å². The van der Waals surface area contributed by atoms with E-state index in [1.807, 2.05) is 12.1 Å². The number of nitrogens with one attached hydrogen (secondary N) is 2. The number of amides is 1. The molecule has 1 aromatic carbocycles. The fourth-order valence-electron chi connectivity index (χ4n) is 3.29. The summed E-state index contributed by atoms with van der Waals surface area (Å²) in [5.41, 5.74) is 2.48. The van der Waals surface area contributed by atoms with Gasteiger partial charge in [-0.15, -0.1) is 0 Å². The molecule has 118 valence electrons. The van der Waals surface area contributed by atoms with Crippen LogP contribution < -0.4 is 5.32 Å². The monoisotopic (exact) mass is 318 g/mol. The first kappa shape index (κ1) is 15.4. The van der Waals surface area contributed by atoms with E-state index in [0.717, 1.165) is 42.8 Å². The summed E-state index contributed by atoms with van der Waals surface area (Å²) in [5.74, 6) is 0.330. The Balaban J connectivity index is 1.77. The summed E-state index contributed by atoms with van der Waals surface area (Å²) in [6, 6.07) is 5.96. The Hall–Kier alpha value is -1.48. The van der Waals surface area contributed by atoms with Gasteiger partial charge in [0.2, 0.25) is 5.91 Å². The van der Waals surface area contributed by atoms with Gasteiger partial charge in [-0.1, -0.05) is 31.5 Å². The fourth-order valence-corrected chi connectivity index (χ4v) is 3.46. The maximum absolute atomic E-state index is 12.2. The number of aromatic amines is 1. The van der Waals surface area contributed by atoms with Crippen molar-refractivity contribution >= 4 is 28.4 Å². The summed E-state index contributed by atoms with van der Waals surface area (Å²) in [7, 11) is 0. The molecule has 4 heteroatoms. The van der Waals surface area contributed by atoms with Crippen LogP contribution in [-0.4, -0.2) is 17.4 Å². The molecule has 22 heavy (non-hydrogen) atoms. The minimum absolute atomic E-state index is 0.105. The number of carbonyl (C=O) groups is 1. The average molecular weight is 319 g/mol. The largest absolute Gasteiger partial charge is 0.361 e. The molecule has 0 spiro atoms. The van der Waals surface area contributed by atoms with Gasteiger partial charge in [0.25, 0.3) is 0 Å². The van der Waals surface area contributed by atoms with E-state index in [1.54, 1.807) is 0 Å². The number of halogens is 1. The van der Waals surface area contributed by atoms with Gasteiger partial charge in [0.15, 0.2) is 0 Å². The minimum Gasteiger partial charge on any atom is -0.361 e. The highest BCUT2D eigenvalue weighted by molar-refractivity contribution is 6.31. The second-order valence-corrected chi connectivity index (χ2v) is 6.84. The maximum Gasteiger partial charge on any atom is 0.223 e. The summed E-state index contributed by atoms with van der Waals surface area (Å²) < 4.78 is 0. The topological polar surface area (TPSA) is 44.9 Å². The molecule has 0 unspecified atom stereocenters. The molecule has 1 aliphatic rings. The predicted octanol–water partition coefficient (Wildman–Crippen LogP) is 4.41. The van der Waals surface area contributed by atoms with Crippen LogP contribution in [-0.2, 0) is 10.2 Å². The first-order valence-electron chi connectivity index (χ1n) is 8.14. The molecular weight excluding hydrogens is 296 g/mol. The Morgan fingerprint density at radius 1 is 1.36 bits per heavy atom. The zero-order valence-electron chi connectivity index (χ0n) is 13.2. The normalized spacial score (nSPS) is 16.2. The molecular formula is C18H23ClN2O. The number of aromatic nitrogens is 1. The van der Waals surface area contributed by atoms with Gasteiger partial charge < -0.3 is 10.3 Å². The van der Waals surface area contributed by atoms with Gasteiger partial charge in [0.05, 0.1) is 0 Å². The van der Waals surface area contributed by atoms with Crippen LogP contribution in [0.2, 0.25) is 5.02 Å². The number of carbonyl (C=O) groups excluding carboxylic acids is 1. The minimum atomic E-state index is 0.105. The van der Waals surface area contributed by atoms with E-state index >= 15 is 0 Å². The lowest BCUT2D eigenvalue weighted by atomic mass is 9.94. The molecule has 0 atom stereocenters. The van der Waals surface area contributed by atoms with E-state index in [-0.39, 0.29) is 17.2 Å². The van der Waals surface area contributed by atoms with Crippen molar-refractivity contribution in [2.24, 2.45) is 5.92 Å². The summed E-state index contributed by atoms with van der Waals surface area (Å²) in [6.07, 6.45) is 6.15. The second-order valence-electron chi connectivity index (χ2n) is 6.40. The van der Waals surface area contributed by atoms with E-state index in [0.29, 0.717) is 0 Å². The van der Waals surface area contributed by atoms with Crippen LogP contribution in [0.5, 0.6) is 0 Å². The van der Waals surface area contributed by atoms with E-state index in [4.69, 9.17) is 11.6 Å². The standard InChI is InChI=1S/C18H23ClN2O/c1-3-12(4-2)17(22)21-11-18(7-8-18)15-10-20-16-9-13(19)5-6-14(15)16/h5-6,9-10,12,20H,3-4,7-8,11H2,1-2H3,(H,21,22). The lowest BCUT2D eigenvalue weighted by Crippen LogP contribution is -2.36. The third-order valence-electron chi connectivity index (χ3n) is 5.03. The number of fused-ring (bicyclic) bond motifs is 1. The van der Waals surface area contributed by atoms with Crippen molar-refractivity contribution < 1.29 is 4.79 Å². The van der Waals surface area contributed by atoms with Crippen LogP contribution in [0.1, 0.15) is 45.1 Å². The molecule has 1 heterocycles. The molecule has 1 aliphatic carbocycles. The van der Waals surface area contributed by atoms with Gasteiger partial charge in [0, 0.05) is 40.0 Å². The molecule has 2 N–H and O–H groups in total. The van der Waals surface area contributed by atoms with Crippen LogP contribution in [0.25, 0.3) is 10.9 Å². The number of hydrogen-bond acceptors (Lipinski definition) is 1. The van der Waals surface area contributed by atoms with Crippen molar-refractivity contribution in [2.75, 3.05) is 6.54 Å². The van der Waals surface area contributed by atoms with Gasteiger partial charge in [-0.3, -0.25) is 4.79 Å². The second kappa shape index (κ2) is 5.96. The van der Waals surface area contributed by atoms with Crippen molar-refractivity contribution in [3.05, 3.63) is 35.0 Å². The average Bonchev–Trinajstić information content (AvgIpc) is 3.18. The zero-order valence-corrected chi connectivity index (χ0v) is 14.0. The highest BCUT2D eigenvalue weighted by Crippen LogP contribution is 2.50. The third-order valence-corrected chi connectivity index (χ3v) is 5.26. The molecule has 1 saturated carbocycles. The van der Waals surface area contributed by atoms with Crippen molar-refractivity contribution in [1.29, 1.82) is 0 Å². The SMILES string of the molecule is CCC(CC)C(=O)NCC1(c2c[nH]c3cc(Cl)ccc23)CC1. The van der Waals surface area contributed by atoms with E-state index < -0.39 is 0 Å². The number of H-pyrrole nitrogens is 1. The summed E-state index contributed by atoms with van der Waals surface area (Å²) in [5, 5.41) is 5.14. The van der Waals surface area contributed by atoms with Crippen molar-refractivity contribution in [3.63, 3.8) is 0 Å². The van der Waals surface area contributed by atoms with E-state index in [9.17, 15) is 4.79 Å². The molecule has 3 rings (SSSR count). The lowest BCUT2D eigenvalue weighted by molar-refractivity contribution is -0.125. The van der Waals surface area contributed by atoms with Crippen molar-refractivity contribution in [1.82, 2.24) is 10.3 Å². The molecule has 0 saturated heterocycles. The van der Waals surface area contributed by atoms with Gasteiger partial charge in [-0.05, 0) is 43.4 Å². The number of rotatable bonds is 6. The Labute approximate surface area is 136 Å². The molecule has 1 amide bonds. The summed E-state index contributed by atoms with van der Waals surface area (Å²) in [6.45, 7) is 4.88. The fraction of sp³-hybridized carbons (Fsp3) is 0.500. The molecule has 0 aliphatic heterocycles. The first-order chi connectivity index (χ1) is 10.6. The maximum atomic E-state index is 12.2. The number of benzene rings is 1. The molecule has 2 aromatic rings. The molecule has 3 nitrogen and oxygen atoms in total. The van der Waals surface area contributed by atoms with Gasteiger partial charge in [-0.2, -0.15) is 0 Å². The number of hydrogen-bond donors (Lipinski definition) is 2. The Kier molecular flexibility index (Phi) is 4.18. The van der Waals surface area contributed by atoms with Gasteiger partial charge in [-0.25, -0.2) is 0 Å². The smallest absolute Gasteiger partial charge is 0.223 e. The summed E-state index contributed by atoms with van der Waals surface area (Å²) in [4.78, 5) is 15.5. The predicted molar refractivity (Wildman–Crippen MR) is 91.3 cm³/mol. The van der Waals surface area contributed by atoms with Crippen molar-refractivity contribution in [2.45, 2.75) is 44.9 Å². The lowest BCUT2D eigenvalue weighted by Gasteiger charge is -2.18. The third kappa shape index (κ3) is 2.74. The van der Waals surface area contributed by atoms with Gasteiger partial charge in [0.1, 0.15) is 0 Å². The van der Waals surface area contributed by atoms with Crippen LogP contribution in [0.3, 0.4) is 0 Å². The van der Waals surface area contributed by atoms with E-state index in [1.165, 1.54) is 10.9 Å². The van der Waals surface area contributed by atoms with Crippen LogP contribution in [0.4, 0.5) is 0 Å². The van der Waals surface area contributed by atoms with Crippen molar-refractivity contribution in [3.8, 4) is 0 Å². The quantitative estimate of drug-likeness (QED) is 0.814. The molecule has 0 radical (unpaired) electrons. The Morgan fingerprint density at radius 2 is 2.09 bits per heavy atom. The van der Waals surface area contributed by atoms with Crippen LogP contribution in [0.15, 0.2) is 24.4 Å². The highest BCUT2D eigenvalue weighted by atomic mass is 35.5. The highest BCUT2D eigenvalue weighted by Gasteiger charge is 2.46. The first-order valence-corrected chi connectivity index (χ1v) is 8.52. The van der Waals surface area contributed by atoms with Crippen LogP contribution in [0, 0.1) is 5.92 Å². The van der Waals surface area contributed by atoms with E-state index in [2.05, 4.69) is 36.4 Å². The Morgan fingerprint density at radius 3 is 2.73 bits per heavy atom. The Bertz CT molecular complexity index is 683. The molecule has 0 bridgehead atoms.